The van der Waals surface area contributed by atoms with Crippen LogP contribution in [0.2, 0.25) is 0 Å². The van der Waals surface area contributed by atoms with Gasteiger partial charge in [0.1, 0.15) is 11.5 Å². The Hall–Kier alpha value is -1.31. The average molecular weight is 218 g/mol. The van der Waals surface area contributed by atoms with Crippen molar-refractivity contribution < 1.29 is 9.90 Å². The van der Waals surface area contributed by atoms with Gasteiger partial charge in [-0.05, 0) is 36.5 Å². The lowest BCUT2D eigenvalue weighted by molar-refractivity contribution is -0.126. The Kier molecular flexibility index (Phi) is 3.28. The van der Waals surface area contributed by atoms with Crippen molar-refractivity contribution in [1.29, 1.82) is 0 Å². The third-order valence-corrected chi connectivity index (χ3v) is 3.58. The minimum absolute atomic E-state index is 0.255. The summed E-state index contributed by atoms with van der Waals surface area (Å²) in [7, 11) is 0. The monoisotopic (exact) mass is 218 g/mol. The molecular formula is C14H18O2. The molecule has 0 amide bonds. The van der Waals surface area contributed by atoms with Gasteiger partial charge in [-0.1, -0.05) is 25.5 Å². The summed E-state index contributed by atoms with van der Waals surface area (Å²) in [6.07, 6.45) is 3.87. The van der Waals surface area contributed by atoms with Gasteiger partial charge in [0.25, 0.3) is 0 Å². The van der Waals surface area contributed by atoms with E-state index in [4.69, 9.17) is 5.11 Å². The van der Waals surface area contributed by atoms with E-state index in [9.17, 15) is 4.79 Å². The average Bonchev–Trinajstić information content (AvgIpc) is 2.20. The second-order valence-corrected chi connectivity index (χ2v) is 4.75. The quantitative estimate of drug-likeness (QED) is 0.843. The summed E-state index contributed by atoms with van der Waals surface area (Å²) in [5, 5.41) is 9.14. The largest absolute Gasteiger partial charge is 0.508 e. The van der Waals surface area contributed by atoms with Gasteiger partial charge in [-0.15, -0.1) is 0 Å². The number of hydrogen-bond acceptors (Lipinski definition) is 2. The molecule has 0 heterocycles. The minimum Gasteiger partial charge on any atom is -0.508 e. The van der Waals surface area contributed by atoms with Crippen molar-refractivity contribution in [1.82, 2.24) is 0 Å². The van der Waals surface area contributed by atoms with Crippen LogP contribution in [0.4, 0.5) is 0 Å². The van der Waals surface area contributed by atoms with Gasteiger partial charge in [-0.25, -0.2) is 0 Å². The standard InChI is InChI=1S/C14H18O2/c1-2-10-7-12(8-10)14(16)9-11-3-5-13(15)6-4-11/h3-6,10,12,15H,2,7-9H2,1H3. The van der Waals surface area contributed by atoms with E-state index in [1.807, 2.05) is 12.1 Å². The highest BCUT2D eigenvalue weighted by molar-refractivity contribution is 5.84. The number of carbonyl (C=O) groups excluding carboxylic acids is 1. The second-order valence-electron chi connectivity index (χ2n) is 4.75. The Balaban J connectivity index is 1.86. The molecule has 1 aliphatic rings. The van der Waals surface area contributed by atoms with Gasteiger partial charge in [-0.3, -0.25) is 4.79 Å². The summed E-state index contributed by atoms with van der Waals surface area (Å²) in [5.41, 5.74) is 1.00. The molecule has 0 saturated heterocycles. The van der Waals surface area contributed by atoms with Crippen LogP contribution in [0.3, 0.4) is 0 Å². The molecule has 0 bridgehead atoms. The predicted molar refractivity (Wildman–Crippen MR) is 63.3 cm³/mol. The number of aromatic hydroxyl groups is 1. The van der Waals surface area contributed by atoms with Crippen molar-refractivity contribution >= 4 is 5.78 Å². The van der Waals surface area contributed by atoms with Crippen molar-refractivity contribution in [3.8, 4) is 5.75 Å². The van der Waals surface area contributed by atoms with Gasteiger partial charge >= 0.3 is 0 Å². The molecule has 0 atom stereocenters. The Labute approximate surface area is 96.3 Å². The smallest absolute Gasteiger partial charge is 0.140 e. The van der Waals surface area contributed by atoms with Crippen molar-refractivity contribution in [2.24, 2.45) is 11.8 Å². The summed E-state index contributed by atoms with van der Waals surface area (Å²) in [6.45, 7) is 2.19. The fourth-order valence-electron chi connectivity index (χ4n) is 2.29. The van der Waals surface area contributed by atoms with Crippen LogP contribution >= 0.6 is 0 Å². The molecule has 1 aliphatic carbocycles. The van der Waals surface area contributed by atoms with E-state index in [2.05, 4.69) is 6.92 Å². The van der Waals surface area contributed by atoms with Gasteiger partial charge in [0.05, 0.1) is 0 Å². The topological polar surface area (TPSA) is 37.3 Å². The maximum atomic E-state index is 11.9. The normalized spacial score (nSPS) is 23.8. The molecule has 1 aromatic carbocycles. The molecule has 2 nitrogen and oxygen atoms in total. The molecule has 1 saturated carbocycles. The summed E-state index contributed by atoms with van der Waals surface area (Å²) in [4.78, 5) is 11.9. The van der Waals surface area contributed by atoms with Crippen LogP contribution in [0.1, 0.15) is 31.7 Å². The highest BCUT2D eigenvalue weighted by Gasteiger charge is 2.32. The number of Topliss-reactive ketones (excluding diaryl/α,β-unsaturated/α-hetero) is 1. The van der Waals surface area contributed by atoms with Gasteiger partial charge < -0.3 is 5.11 Å². The number of phenolic OH excluding ortho intramolecular Hbond substituents is 1. The van der Waals surface area contributed by atoms with Gasteiger partial charge in [0, 0.05) is 12.3 Å². The molecule has 0 aromatic heterocycles. The minimum atomic E-state index is 0.255. The van der Waals surface area contributed by atoms with E-state index in [0.29, 0.717) is 18.1 Å². The second kappa shape index (κ2) is 4.69. The number of rotatable bonds is 4. The summed E-state index contributed by atoms with van der Waals surface area (Å²) in [6, 6.07) is 6.92. The third-order valence-electron chi connectivity index (χ3n) is 3.58. The fraction of sp³-hybridized carbons (Fsp3) is 0.500. The molecule has 0 radical (unpaired) electrons. The molecule has 16 heavy (non-hydrogen) atoms. The number of hydrogen-bond donors (Lipinski definition) is 1. The number of phenols is 1. The van der Waals surface area contributed by atoms with E-state index >= 15 is 0 Å². The summed E-state index contributed by atoms with van der Waals surface area (Å²) < 4.78 is 0. The molecule has 0 unspecified atom stereocenters. The molecule has 2 heteroatoms. The third kappa shape index (κ3) is 2.43. The Morgan fingerprint density at radius 1 is 1.31 bits per heavy atom. The van der Waals surface area contributed by atoms with Gasteiger partial charge in [0.15, 0.2) is 0 Å². The lowest BCUT2D eigenvalue weighted by atomic mass is 9.71. The van der Waals surface area contributed by atoms with E-state index < -0.39 is 0 Å². The highest BCUT2D eigenvalue weighted by atomic mass is 16.3. The lowest BCUT2D eigenvalue weighted by Gasteiger charge is -2.33. The first kappa shape index (κ1) is 11.2. The van der Waals surface area contributed by atoms with Crippen LogP contribution in [0.25, 0.3) is 0 Å². The highest BCUT2D eigenvalue weighted by Crippen LogP contribution is 2.36. The van der Waals surface area contributed by atoms with Crippen molar-refractivity contribution in [2.75, 3.05) is 0 Å². The van der Waals surface area contributed by atoms with Crippen LogP contribution in [0.5, 0.6) is 5.75 Å². The zero-order valence-electron chi connectivity index (χ0n) is 9.65. The van der Waals surface area contributed by atoms with E-state index in [-0.39, 0.29) is 5.75 Å². The molecule has 1 fully saturated rings. The molecule has 1 N–H and O–H groups in total. The predicted octanol–water partition coefficient (Wildman–Crippen LogP) is 2.94. The molecule has 0 aliphatic heterocycles. The van der Waals surface area contributed by atoms with E-state index in [1.165, 1.54) is 6.42 Å². The zero-order valence-corrected chi connectivity index (χ0v) is 9.65. The van der Waals surface area contributed by atoms with E-state index in [0.717, 1.165) is 24.3 Å². The Morgan fingerprint density at radius 3 is 2.50 bits per heavy atom. The van der Waals surface area contributed by atoms with Gasteiger partial charge in [0.2, 0.25) is 0 Å². The maximum Gasteiger partial charge on any atom is 0.140 e. The molecule has 2 rings (SSSR count). The molecule has 0 spiro atoms. The number of carbonyl (C=O) groups is 1. The van der Waals surface area contributed by atoms with Crippen LogP contribution < -0.4 is 0 Å². The fourth-order valence-corrected chi connectivity index (χ4v) is 2.29. The van der Waals surface area contributed by atoms with E-state index in [1.54, 1.807) is 12.1 Å². The molecular weight excluding hydrogens is 200 g/mol. The zero-order chi connectivity index (χ0) is 11.5. The Bertz CT molecular complexity index is 361. The number of ketones is 1. The van der Waals surface area contributed by atoms with Crippen LogP contribution in [0, 0.1) is 11.8 Å². The molecule has 1 aromatic rings. The molecule has 86 valence electrons. The first-order valence-corrected chi connectivity index (χ1v) is 5.99. The first-order valence-electron chi connectivity index (χ1n) is 5.99. The van der Waals surface area contributed by atoms with Crippen molar-refractivity contribution in [3.63, 3.8) is 0 Å². The summed E-state index contributed by atoms with van der Waals surface area (Å²) >= 11 is 0. The maximum absolute atomic E-state index is 11.9. The van der Waals surface area contributed by atoms with Crippen LogP contribution in [-0.4, -0.2) is 10.9 Å². The first-order chi connectivity index (χ1) is 7.69. The number of benzene rings is 1. The van der Waals surface area contributed by atoms with Crippen molar-refractivity contribution in [3.05, 3.63) is 29.8 Å². The van der Waals surface area contributed by atoms with Gasteiger partial charge in [-0.2, -0.15) is 0 Å². The van der Waals surface area contributed by atoms with Crippen LogP contribution in [0.15, 0.2) is 24.3 Å². The Morgan fingerprint density at radius 2 is 1.94 bits per heavy atom. The SMILES string of the molecule is CCC1CC(C(=O)Cc2ccc(O)cc2)C1. The van der Waals surface area contributed by atoms with Crippen molar-refractivity contribution in [2.45, 2.75) is 32.6 Å². The summed E-state index contributed by atoms with van der Waals surface area (Å²) in [5.74, 6) is 1.67. The lowest BCUT2D eigenvalue weighted by Crippen LogP contribution is -2.31. The van der Waals surface area contributed by atoms with Crippen LogP contribution in [-0.2, 0) is 11.2 Å².